The maximum atomic E-state index is 5.58. The van der Waals surface area contributed by atoms with Gasteiger partial charge in [-0.2, -0.15) is 0 Å². The Hall–Kier alpha value is 0.0900. The Labute approximate surface area is 83.5 Å². The molecule has 0 aromatic carbocycles. The molecule has 1 atom stereocenters. The van der Waals surface area contributed by atoms with E-state index in [4.69, 9.17) is 9.47 Å². The first-order chi connectivity index (χ1) is 6.33. The molecule has 0 saturated carbocycles. The molecule has 0 N–H and O–H groups in total. The van der Waals surface area contributed by atoms with Crippen LogP contribution in [0.5, 0.6) is 0 Å². The molecule has 0 radical (unpaired) electrons. The quantitative estimate of drug-likeness (QED) is 0.517. The molecule has 1 heterocycles. The summed E-state index contributed by atoms with van der Waals surface area (Å²) in [5.74, 6) is -0.200. The van der Waals surface area contributed by atoms with Crippen molar-refractivity contribution in [2.75, 3.05) is 25.5 Å². The highest BCUT2D eigenvalue weighted by molar-refractivity contribution is 7.38. The fourth-order valence-electron chi connectivity index (χ4n) is 1.24. The molecule has 1 fully saturated rings. The lowest BCUT2D eigenvalue weighted by molar-refractivity contribution is -0.139. The molecule has 78 valence electrons. The third kappa shape index (κ3) is 4.21. The van der Waals surface area contributed by atoms with Crippen LogP contribution in [0.25, 0.3) is 0 Å². The molecule has 1 unspecified atom stereocenters. The van der Waals surface area contributed by atoms with Gasteiger partial charge in [0.1, 0.15) is 0 Å². The molecule has 1 aliphatic heterocycles. The molecular formula is C10H21O2P. The second-order valence-electron chi connectivity index (χ2n) is 2.74. The summed E-state index contributed by atoms with van der Waals surface area (Å²) in [6.45, 7) is 11.9. The average molecular weight is 204 g/mol. The van der Waals surface area contributed by atoms with Crippen molar-refractivity contribution in [3.8, 4) is 0 Å². The van der Waals surface area contributed by atoms with Gasteiger partial charge in [0.15, 0.2) is 5.79 Å². The van der Waals surface area contributed by atoms with Gasteiger partial charge in [-0.05, 0) is 12.6 Å². The summed E-state index contributed by atoms with van der Waals surface area (Å²) in [5.41, 5.74) is 0. The van der Waals surface area contributed by atoms with Gasteiger partial charge in [-0.25, -0.2) is 0 Å². The minimum Gasteiger partial charge on any atom is -0.347 e. The molecule has 1 aliphatic rings. The second-order valence-corrected chi connectivity index (χ2v) is 4.30. The van der Waals surface area contributed by atoms with Gasteiger partial charge in [-0.1, -0.05) is 13.8 Å². The molecule has 1 rings (SSSR count). The van der Waals surface area contributed by atoms with E-state index in [1.165, 1.54) is 6.16 Å². The number of hydrogen-bond donors (Lipinski definition) is 0. The first-order valence-corrected chi connectivity index (χ1v) is 6.23. The van der Waals surface area contributed by atoms with Crippen LogP contribution in [0.4, 0.5) is 0 Å². The molecule has 13 heavy (non-hydrogen) atoms. The van der Waals surface area contributed by atoms with Crippen LogP contribution >= 0.6 is 8.58 Å². The van der Waals surface area contributed by atoms with E-state index in [9.17, 15) is 0 Å². The van der Waals surface area contributed by atoms with Crippen LogP contribution in [0.1, 0.15) is 20.3 Å². The van der Waals surface area contributed by atoms with E-state index in [2.05, 4.69) is 27.0 Å². The summed E-state index contributed by atoms with van der Waals surface area (Å²) in [6, 6.07) is 0. The van der Waals surface area contributed by atoms with Crippen molar-refractivity contribution >= 4 is 8.58 Å². The van der Waals surface area contributed by atoms with E-state index < -0.39 is 0 Å². The summed E-state index contributed by atoms with van der Waals surface area (Å²) in [4.78, 5) is 0. The zero-order chi connectivity index (χ0) is 10.2. The van der Waals surface area contributed by atoms with Gasteiger partial charge in [-0.15, -0.1) is 21.7 Å². The van der Waals surface area contributed by atoms with E-state index >= 15 is 0 Å². The maximum absolute atomic E-state index is 5.58. The van der Waals surface area contributed by atoms with Gasteiger partial charge < -0.3 is 9.47 Å². The molecule has 2 nitrogen and oxygen atoms in total. The van der Waals surface area contributed by atoms with E-state index in [1.807, 2.05) is 0 Å². The van der Waals surface area contributed by atoms with Crippen molar-refractivity contribution < 1.29 is 9.47 Å². The Kier molecular flexibility index (Phi) is 7.54. The Morgan fingerprint density at radius 2 is 1.77 bits per heavy atom. The van der Waals surface area contributed by atoms with Crippen LogP contribution in [-0.4, -0.2) is 31.3 Å². The van der Waals surface area contributed by atoms with Crippen molar-refractivity contribution in [2.24, 2.45) is 0 Å². The Bertz CT molecular complexity index is 122. The molecule has 0 aliphatic carbocycles. The highest BCUT2D eigenvalue weighted by Gasteiger charge is 2.33. The fourth-order valence-corrected chi connectivity index (χ4v) is 2.33. The van der Waals surface area contributed by atoms with Crippen molar-refractivity contribution in [1.29, 1.82) is 0 Å². The molecule has 1 saturated heterocycles. The van der Waals surface area contributed by atoms with E-state index in [-0.39, 0.29) is 5.79 Å². The largest absolute Gasteiger partial charge is 0.347 e. The normalized spacial score (nSPS) is 20.2. The smallest absolute Gasteiger partial charge is 0.171 e. The lowest BCUT2D eigenvalue weighted by Gasteiger charge is -2.25. The minimum atomic E-state index is -0.200. The first-order valence-electron chi connectivity index (χ1n) is 4.81. The van der Waals surface area contributed by atoms with E-state index in [0.29, 0.717) is 0 Å². The predicted molar refractivity (Wildman–Crippen MR) is 59.9 cm³/mol. The minimum absolute atomic E-state index is 0.200. The monoisotopic (exact) mass is 204 g/mol. The van der Waals surface area contributed by atoms with Crippen LogP contribution in [0, 0.1) is 0 Å². The lowest BCUT2D eigenvalue weighted by Crippen LogP contribution is -2.31. The van der Waals surface area contributed by atoms with Crippen molar-refractivity contribution in [3.63, 3.8) is 0 Å². The first kappa shape index (κ1) is 13.1. The summed E-state index contributed by atoms with van der Waals surface area (Å²) in [5, 5.41) is 0. The highest BCUT2D eigenvalue weighted by atomic mass is 31.1. The fraction of sp³-hybridized carbons (Fsp3) is 0.800. The topological polar surface area (TPSA) is 18.5 Å². The number of hydrogen-bond acceptors (Lipinski definition) is 2. The molecule has 0 bridgehead atoms. The van der Waals surface area contributed by atoms with Gasteiger partial charge in [0.05, 0.1) is 13.2 Å². The molecule has 0 amide bonds. The third-order valence-electron chi connectivity index (χ3n) is 2.00. The summed E-state index contributed by atoms with van der Waals surface area (Å²) >= 11 is 0. The molecule has 0 aromatic rings. The van der Waals surface area contributed by atoms with Gasteiger partial charge in [0, 0.05) is 6.16 Å². The van der Waals surface area contributed by atoms with Crippen LogP contribution in [-0.2, 0) is 9.47 Å². The van der Waals surface area contributed by atoms with Crippen LogP contribution in [0.3, 0.4) is 0 Å². The second kappa shape index (κ2) is 7.49. The van der Waals surface area contributed by atoms with Gasteiger partial charge >= 0.3 is 0 Å². The Balaban J connectivity index is 0.000000671. The predicted octanol–water partition coefficient (Wildman–Crippen LogP) is 2.64. The zero-order valence-electron chi connectivity index (χ0n) is 8.77. The van der Waals surface area contributed by atoms with E-state index in [0.717, 1.165) is 34.4 Å². The SMILES string of the molecule is C=C.CCPCC1(CC)OCCO1. The number of rotatable bonds is 4. The summed E-state index contributed by atoms with van der Waals surface area (Å²) in [7, 11) is 0.977. The van der Waals surface area contributed by atoms with Crippen molar-refractivity contribution in [1.82, 2.24) is 0 Å². The lowest BCUT2D eigenvalue weighted by atomic mass is 10.2. The highest BCUT2D eigenvalue weighted by Crippen LogP contribution is 2.29. The van der Waals surface area contributed by atoms with Gasteiger partial charge in [0.25, 0.3) is 0 Å². The molecular weight excluding hydrogens is 183 g/mol. The summed E-state index contributed by atoms with van der Waals surface area (Å²) in [6.07, 6.45) is 3.31. The standard InChI is InChI=1S/C8H17O2P.C2H4/c1-3-8(7-11-4-2)9-5-6-10-8;1-2/h11H,3-7H2,1-2H3;1-2H2. The van der Waals surface area contributed by atoms with Gasteiger partial charge in [-0.3, -0.25) is 0 Å². The van der Waals surface area contributed by atoms with E-state index in [1.54, 1.807) is 0 Å². The van der Waals surface area contributed by atoms with Gasteiger partial charge in [0.2, 0.25) is 0 Å². The van der Waals surface area contributed by atoms with Crippen LogP contribution in [0.15, 0.2) is 13.2 Å². The molecule has 0 aromatic heterocycles. The maximum Gasteiger partial charge on any atom is 0.171 e. The molecule has 3 heteroatoms. The van der Waals surface area contributed by atoms with Crippen molar-refractivity contribution in [2.45, 2.75) is 26.1 Å². The van der Waals surface area contributed by atoms with Crippen LogP contribution < -0.4 is 0 Å². The summed E-state index contributed by atoms with van der Waals surface area (Å²) < 4.78 is 11.2. The Morgan fingerprint density at radius 1 is 1.23 bits per heavy atom. The molecule has 0 spiro atoms. The number of ether oxygens (including phenoxy) is 2. The average Bonchev–Trinajstić information content (AvgIpc) is 2.67. The van der Waals surface area contributed by atoms with Crippen molar-refractivity contribution in [3.05, 3.63) is 13.2 Å². The van der Waals surface area contributed by atoms with Crippen LogP contribution in [0.2, 0.25) is 0 Å². The third-order valence-corrected chi connectivity index (χ3v) is 3.29. The zero-order valence-corrected chi connectivity index (χ0v) is 9.77. The Morgan fingerprint density at radius 3 is 2.15 bits per heavy atom.